The molecule has 2 aromatic carbocycles. The van der Waals surface area contributed by atoms with Crippen LogP contribution in [0.5, 0.6) is 0 Å². The van der Waals surface area contributed by atoms with Crippen LogP contribution >= 0.6 is 0 Å². The van der Waals surface area contributed by atoms with Gasteiger partial charge in [-0.05, 0) is 47.7 Å². The van der Waals surface area contributed by atoms with Gasteiger partial charge in [-0.3, -0.25) is 4.79 Å². The van der Waals surface area contributed by atoms with Crippen LogP contribution in [0.3, 0.4) is 0 Å². The first-order chi connectivity index (χ1) is 15.1. The molecule has 0 spiro atoms. The van der Waals surface area contributed by atoms with E-state index in [1.165, 1.54) is 22.2 Å². The molecule has 0 aliphatic carbocycles. The Morgan fingerprint density at radius 2 is 1.91 bits per heavy atom. The fourth-order valence-corrected chi connectivity index (χ4v) is 3.41. The van der Waals surface area contributed by atoms with Crippen molar-refractivity contribution in [3.8, 4) is 5.69 Å². The maximum atomic E-state index is 13.4. The number of carbonyl (C=O) groups is 2. The van der Waals surface area contributed by atoms with Crippen molar-refractivity contribution in [1.82, 2.24) is 20.0 Å². The molecule has 4 aromatic rings. The van der Waals surface area contributed by atoms with Gasteiger partial charge in [-0.2, -0.15) is 0 Å². The van der Waals surface area contributed by atoms with Crippen molar-refractivity contribution in [3.05, 3.63) is 65.3 Å². The topological polar surface area (TPSA) is 114 Å². The van der Waals surface area contributed by atoms with Crippen molar-refractivity contribution in [2.24, 2.45) is 0 Å². The molecular weight excluding hydrogens is 410 g/mol. The maximum absolute atomic E-state index is 13.4. The number of aryl methyl sites for hydroxylation is 1. The van der Waals surface area contributed by atoms with E-state index in [-0.39, 0.29) is 17.0 Å². The normalized spacial score (nSPS) is 11.7. The van der Waals surface area contributed by atoms with Crippen LogP contribution in [0.4, 0.5) is 5.69 Å². The standard InChI is InChI=1S/C23H23N5O4/c1-13-6-7-14(8-18(13)28-11-17(22(30)31)25-26-28)21(29)27(5)19-10-15(23(2,3)4)9-16-20(19)32-12-24-16/h6-12H,1-5H3,(H,30,31). The van der Waals surface area contributed by atoms with Gasteiger partial charge < -0.3 is 14.4 Å². The Bertz CT molecular complexity index is 1350. The zero-order chi connectivity index (χ0) is 23.2. The molecule has 0 aliphatic rings. The number of carbonyl (C=O) groups excluding carboxylic acids is 1. The summed E-state index contributed by atoms with van der Waals surface area (Å²) in [7, 11) is 1.68. The number of hydrogen-bond acceptors (Lipinski definition) is 6. The lowest BCUT2D eigenvalue weighted by atomic mass is 9.86. The molecule has 0 radical (unpaired) electrons. The van der Waals surface area contributed by atoms with Gasteiger partial charge >= 0.3 is 5.97 Å². The quantitative estimate of drug-likeness (QED) is 0.517. The van der Waals surface area contributed by atoms with Gasteiger partial charge in [-0.1, -0.05) is 32.1 Å². The third kappa shape index (κ3) is 3.73. The minimum Gasteiger partial charge on any atom is -0.476 e. The summed E-state index contributed by atoms with van der Waals surface area (Å²) in [4.78, 5) is 30.4. The number of aromatic nitrogens is 4. The van der Waals surface area contributed by atoms with Gasteiger partial charge in [-0.15, -0.1) is 5.10 Å². The highest BCUT2D eigenvalue weighted by Crippen LogP contribution is 2.33. The van der Waals surface area contributed by atoms with Crippen LogP contribution in [0.2, 0.25) is 0 Å². The Morgan fingerprint density at radius 3 is 2.56 bits per heavy atom. The molecule has 32 heavy (non-hydrogen) atoms. The second-order valence-electron chi connectivity index (χ2n) is 8.66. The summed E-state index contributed by atoms with van der Waals surface area (Å²) in [5.41, 5.74) is 4.34. The molecule has 9 heteroatoms. The van der Waals surface area contributed by atoms with E-state index in [9.17, 15) is 9.59 Å². The van der Waals surface area contributed by atoms with Gasteiger partial charge in [0.15, 0.2) is 17.7 Å². The van der Waals surface area contributed by atoms with Gasteiger partial charge in [0.05, 0.1) is 17.6 Å². The van der Waals surface area contributed by atoms with Crippen LogP contribution in [0.1, 0.15) is 52.7 Å². The lowest BCUT2D eigenvalue weighted by Crippen LogP contribution is -2.27. The third-order valence-electron chi connectivity index (χ3n) is 5.36. The third-order valence-corrected chi connectivity index (χ3v) is 5.36. The molecular formula is C23H23N5O4. The maximum Gasteiger partial charge on any atom is 0.358 e. The Hall–Kier alpha value is -4.01. The SMILES string of the molecule is Cc1ccc(C(=O)N(C)c2cc(C(C)(C)C)cc3ncoc23)cc1-n1cc(C(=O)O)nn1. The predicted octanol–water partition coefficient (Wildman–Crippen LogP) is 3.99. The molecule has 4 rings (SSSR count). The molecule has 0 unspecified atom stereocenters. The molecule has 164 valence electrons. The second kappa shape index (κ2) is 7.60. The van der Waals surface area contributed by atoms with Gasteiger partial charge in [0, 0.05) is 12.6 Å². The van der Waals surface area contributed by atoms with Crippen molar-refractivity contribution in [2.75, 3.05) is 11.9 Å². The fraction of sp³-hybridized carbons (Fsp3) is 0.261. The van der Waals surface area contributed by atoms with Gasteiger partial charge in [0.25, 0.3) is 5.91 Å². The number of hydrogen-bond donors (Lipinski definition) is 1. The van der Waals surface area contributed by atoms with E-state index < -0.39 is 5.97 Å². The van der Waals surface area contributed by atoms with Gasteiger partial charge in [0.1, 0.15) is 5.52 Å². The molecule has 1 N–H and O–H groups in total. The molecule has 1 amide bonds. The first kappa shape index (κ1) is 21.2. The number of nitrogens with zero attached hydrogens (tertiary/aromatic N) is 5. The second-order valence-corrected chi connectivity index (χ2v) is 8.66. The lowest BCUT2D eigenvalue weighted by molar-refractivity contribution is 0.0690. The number of carboxylic acids is 1. The van der Waals surface area contributed by atoms with Crippen molar-refractivity contribution >= 4 is 28.7 Å². The van der Waals surface area contributed by atoms with Crippen LogP contribution in [0, 0.1) is 6.92 Å². The number of amides is 1. The molecule has 0 saturated heterocycles. The highest BCUT2D eigenvalue weighted by Gasteiger charge is 2.23. The van der Waals surface area contributed by atoms with Gasteiger partial charge in [-0.25, -0.2) is 14.5 Å². The number of oxazole rings is 1. The number of rotatable bonds is 4. The van der Waals surface area contributed by atoms with Crippen molar-refractivity contribution in [1.29, 1.82) is 0 Å². The summed E-state index contributed by atoms with van der Waals surface area (Å²) < 4.78 is 6.93. The van der Waals surface area contributed by atoms with Crippen molar-refractivity contribution in [2.45, 2.75) is 33.1 Å². The van der Waals surface area contributed by atoms with E-state index in [0.717, 1.165) is 11.1 Å². The van der Waals surface area contributed by atoms with E-state index in [4.69, 9.17) is 9.52 Å². The number of benzene rings is 2. The van der Waals surface area contributed by atoms with E-state index in [1.54, 1.807) is 25.2 Å². The Kier molecular flexibility index (Phi) is 5.04. The zero-order valence-electron chi connectivity index (χ0n) is 18.4. The molecule has 0 aliphatic heterocycles. The van der Waals surface area contributed by atoms with Crippen LogP contribution in [0.25, 0.3) is 16.8 Å². The number of anilines is 1. The van der Waals surface area contributed by atoms with Crippen LogP contribution in [-0.2, 0) is 5.41 Å². The molecule has 9 nitrogen and oxygen atoms in total. The number of carboxylic acid groups (broad SMARTS) is 1. The van der Waals surface area contributed by atoms with Crippen LogP contribution < -0.4 is 4.90 Å². The molecule has 0 bridgehead atoms. The van der Waals surface area contributed by atoms with Gasteiger partial charge in [0.2, 0.25) is 0 Å². The zero-order valence-corrected chi connectivity index (χ0v) is 18.4. The summed E-state index contributed by atoms with van der Waals surface area (Å²) in [6, 6.07) is 9.08. The summed E-state index contributed by atoms with van der Waals surface area (Å²) in [6.45, 7) is 8.13. The number of aromatic carboxylic acids is 1. The average molecular weight is 433 g/mol. The highest BCUT2D eigenvalue weighted by atomic mass is 16.4. The minimum atomic E-state index is -1.17. The Morgan fingerprint density at radius 1 is 1.16 bits per heavy atom. The molecule has 0 saturated carbocycles. The Balaban J connectivity index is 1.75. The Labute approximate surface area is 184 Å². The number of fused-ring (bicyclic) bond motifs is 1. The lowest BCUT2D eigenvalue weighted by Gasteiger charge is -2.23. The molecule has 2 heterocycles. The van der Waals surface area contributed by atoms with E-state index in [2.05, 4.69) is 36.1 Å². The van der Waals surface area contributed by atoms with E-state index in [0.29, 0.717) is 28.0 Å². The highest BCUT2D eigenvalue weighted by molar-refractivity contribution is 6.09. The molecule has 2 aromatic heterocycles. The van der Waals surface area contributed by atoms with E-state index >= 15 is 0 Å². The minimum absolute atomic E-state index is 0.141. The summed E-state index contributed by atoms with van der Waals surface area (Å²) in [5.74, 6) is -1.43. The molecule has 0 atom stereocenters. The first-order valence-electron chi connectivity index (χ1n) is 9.98. The van der Waals surface area contributed by atoms with Crippen molar-refractivity contribution in [3.63, 3.8) is 0 Å². The largest absolute Gasteiger partial charge is 0.476 e. The smallest absolute Gasteiger partial charge is 0.358 e. The molecule has 0 fully saturated rings. The average Bonchev–Trinajstić information content (AvgIpc) is 3.41. The summed E-state index contributed by atoms with van der Waals surface area (Å²) >= 11 is 0. The predicted molar refractivity (Wildman–Crippen MR) is 118 cm³/mol. The van der Waals surface area contributed by atoms with Crippen molar-refractivity contribution < 1.29 is 19.1 Å². The van der Waals surface area contributed by atoms with E-state index in [1.807, 2.05) is 19.1 Å². The summed E-state index contributed by atoms with van der Waals surface area (Å²) in [5, 5.41) is 16.6. The van der Waals surface area contributed by atoms with Crippen LogP contribution in [-0.4, -0.2) is 44.0 Å². The monoisotopic (exact) mass is 433 g/mol. The van der Waals surface area contributed by atoms with Crippen LogP contribution in [0.15, 0.2) is 47.3 Å². The first-order valence-corrected chi connectivity index (χ1v) is 9.98. The fourth-order valence-electron chi connectivity index (χ4n) is 3.41. The summed E-state index contributed by atoms with van der Waals surface area (Å²) in [6.07, 6.45) is 2.68.